The van der Waals surface area contributed by atoms with Gasteiger partial charge >= 0.3 is 0 Å². The second kappa shape index (κ2) is 5.36. The molecule has 0 fully saturated rings. The van der Waals surface area contributed by atoms with Crippen molar-refractivity contribution in [3.05, 3.63) is 63.7 Å². The maximum absolute atomic E-state index is 6.27. The molecule has 0 aromatic heterocycles. The largest absolute Gasteiger partial charge is 0.493 e. The number of hydrogen-bond acceptors (Lipinski definition) is 2. The molecule has 3 heteroatoms. The highest BCUT2D eigenvalue weighted by atomic mass is 35.5. The van der Waals surface area contributed by atoms with Crippen LogP contribution in [0.1, 0.15) is 28.3 Å². The van der Waals surface area contributed by atoms with Gasteiger partial charge in [0.1, 0.15) is 5.75 Å². The van der Waals surface area contributed by atoms with E-state index in [-0.39, 0.29) is 0 Å². The number of fused-ring (bicyclic) bond motifs is 2. The Morgan fingerprint density at radius 3 is 3.00 bits per heavy atom. The zero-order valence-electron chi connectivity index (χ0n) is 11.9. The molecule has 1 N–H and O–H groups in total. The fourth-order valence-electron chi connectivity index (χ4n) is 3.49. The molecule has 0 aliphatic carbocycles. The lowest BCUT2D eigenvalue weighted by molar-refractivity contribution is 0.351. The van der Waals surface area contributed by atoms with Crippen LogP contribution in [0, 0.1) is 0 Å². The van der Waals surface area contributed by atoms with Crippen LogP contribution >= 0.6 is 11.6 Å². The van der Waals surface area contributed by atoms with Crippen molar-refractivity contribution in [3.63, 3.8) is 0 Å². The van der Waals surface area contributed by atoms with Gasteiger partial charge in [-0.05, 0) is 53.8 Å². The Hall–Kier alpha value is -1.51. The minimum atomic E-state index is 0.349. The summed E-state index contributed by atoms with van der Waals surface area (Å²) >= 11 is 6.27. The second-order valence-electron chi connectivity index (χ2n) is 5.81. The van der Waals surface area contributed by atoms with Gasteiger partial charge in [-0.1, -0.05) is 35.9 Å². The molecule has 1 atom stereocenters. The van der Waals surface area contributed by atoms with E-state index in [9.17, 15) is 0 Å². The molecular weight excluding hydrogens is 282 g/mol. The van der Waals surface area contributed by atoms with Crippen molar-refractivity contribution < 1.29 is 4.74 Å². The van der Waals surface area contributed by atoms with Gasteiger partial charge < -0.3 is 10.1 Å². The Balaban J connectivity index is 1.69. The van der Waals surface area contributed by atoms with E-state index in [1.807, 2.05) is 6.07 Å². The smallest absolute Gasteiger partial charge is 0.125 e. The minimum absolute atomic E-state index is 0.349. The molecule has 21 heavy (non-hydrogen) atoms. The van der Waals surface area contributed by atoms with Crippen LogP contribution in [0.5, 0.6) is 5.75 Å². The number of nitrogens with one attached hydrogen (secondary N) is 1. The number of ether oxygens (including phenoxy) is 1. The summed E-state index contributed by atoms with van der Waals surface area (Å²) in [7, 11) is 0. The van der Waals surface area contributed by atoms with Crippen molar-refractivity contribution in [2.45, 2.75) is 25.3 Å². The van der Waals surface area contributed by atoms with Crippen LogP contribution in [0.25, 0.3) is 0 Å². The number of hydrogen-bond donors (Lipinski definition) is 1. The van der Waals surface area contributed by atoms with Gasteiger partial charge in [0.05, 0.1) is 6.61 Å². The topological polar surface area (TPSA) is 21.3 Å². The van der Waals surface area contributed by atoms with Gasteiger partial charge in [-0.25, -0.2) is 0 Å². The first-order chi connectivity index (χ1) is 10.3. The van der Waals surface area contributed by atoms with Crippen molar-refractivity contribution in [1.29, 1.82) is 0 Å². The predicted octanol–water partition coefficient (Wildman–Crippen LogP) is 3.70. The normalized spacial score (nSPS) is 19.8. The first kappa shape index (κ1) is 13.2. The van der Waals surface area contributed by atoms with Crippen LogP contribution in [-0.4, -0.2) is 13.2 Å². The van der Waals surface area contributed by atoms with E-state index in [4.69, 9.17) is 16.3 Å². The third kappa shape index (κ3) is 2.43. The summed E-state index contributed by atoms with van der Waals surface area (Å²) in [6.07, 6.45) is 3.01. The summed E-state index contributed by atoms with van der Waals surface area (Å²) < 4.78 is 5.83. The molecule has 0 bridgehead atoms. The molecule has 0 radical (unpaired) electrons. The third-order valence-electron chi connectivity index (χ3n) is 4.46. The molecule has 0 spiro atoms. The van der Waals surface area contributed by atoms with Crippen molar-refractivity contribution in [2.24, 2.45) is 0 Å². The van der Waals surface area contributed by atoms with E-state index in [2.05, 4.69) is 35.6 Å². The Morgan fingerprint density at radius 1 is 1.14 bits per heavy atom. The summed E-state index contributed by atoms with van der Waals surface area (Å²) in [5.74, 6) is 1.06. The van der Waals surface area contributed by atoms with Crippen LogP contribution in [0.15, 0.2) is 36.4 Å². The van der Waals surface area contributed by atoms with Crippen LogP contribution < -0.4 is 10.1 Å². The molecule has 1 unspecified atom stereocenters. The van der Waals surface area contributed by atoms with Gasteiger partial charge in [0.2, 0.25) is 0 Å². The van der Waals surface area contributed by atoms with Gasteiger partial charge in [0.25, 0.3) is 0 Å². The molecule has 0 saturated carbocycles. The van der Waals surface area contributed by atoms with Gasteiger partial charge in [-0.15, -0.1) is 0 Å². The molecule has 2 aliphatic rings. The van der Waals surface area contributed by atoms with Crippen molar-refractivity contribution >= 4 is 11.6 Å². The van der Waals surface area contributed by atoms with Crippen LogP contribution in [0.4, 0.5) is 0 Å². The van der Waals surface area contributed by atoms with Crippen LogP contribution in [0.2, 0.25) is 5.02 Å². The number of benzene rings is 2. The van der Waals surface area contributed by atoms with Gasteiger partial charge in [-0.2, -0.15) is 0 Å². The molecule has 2 aromatic carbocycles. The summed E-state index contributed by atoms with van der Waals surface area (Å²) in [6, 6.07) is 13.2. The van der Waals surface area contributed by atoms with Crippen molar-refractivity contribution in [2.75, 3.05) is 13.2 Å². The Bertz CT molecular complexity index is 683. The van der Waals surface area contributed by atoms with Crippen molar-refractivity contribution in [3.8, 4) is 5.75 Å². The van der Waals surface area contributed by atoms with E-state index < -0.39 is 0 Å². The number of rotatable bonds is 2. The first-order valence-corrected chi connectivity index (χ1v) is 7.94. The van der Waals surface area contributed by atoms with E-state index in [1.54, 1.807) is 0 Å². The molecule has 2 aromatic rings. The van der Waals surface area contributed by atoms with E-state index in [1.165, 1.54) is 22.3 Å². The molecular formula is C18H18ClNO. The highest BCUT2D eigenvalue weighted by molar-refractivity contribution is 6.30. The summed E-state index contributed by atoms with van der Waals surface area (Å²) in [4.78, 5) is 0. The van der Waals surface area contributed by atoms with Gasteiger partial charge in [0, 0.05) is 17.5 Å². The van der Waals surface area contributed by atoms with Gasteiger partial charge in [-0.3, -0.25) is 0 Å². The summed E-state index contributed by atoms with van der Waals surface area (Å²) in [5, 5.41) is 4.45. The number of halogens is 1. The zero-order valence-corrected chi connectivity index (χ0v) is 12.6. The maximum Gasteiger partial charge on any atom is 0.125 e. The minimum Gasteiger partial charge on any atom is -0.493 e. The van der Waals surface area contributed by atoms with E-state index >= 15 is 0 Å². The fraction of sp³-hybridized carbons (Fsp3) is 0.333. The molecule has 2 aliphatic heterocycles. The van der Waals surface area contributed by atoms with Crippen LogP contribution in [-0.2, 0) is 19.3 Å². The summed E-state index contributed by atoms with van der Waals surface area (Å²) in [6.45, 7) is 1.81. The van der Waals surface area contributed by atoms with Crippen LogP contribution in [0.3, 0.4) is 0 Å². The molecule has 2 heterocycles. The zero-order chi connectivity index (χ0) is 14.2. The lowest BCUT2D eigenvalue weighted by atomic mass is 9.90. The Kier molecular flexibility index (Phi) is 3.36. The average Bonchev–Trinajstić information content (AvgIpc) is 2.96. The SMILES string of the molecule is Clc1cc2c(c(CC3NCCc4ccccc43)c1)OCC2. The van der Waals surface area contributed by atoms with Crippen molar-refractivity contribution in [1.82, 2.24) is 5.32 Å². The second-order valence-corrected chi connectivity index (χ2v) is 6.25. The predicted molar refractivity (Wildman–Crippen MR) is 85.2 cm³/mol. The Labute approximate surface area is 130 Å². The molecule has 2 nitrogen and oxygen atoms in total. The highest BCUT2D eigenvalue weighted by Crippen LogP contribution is 2.36. The monoisotopic (exact) mass is 299 g/mol. The average molecular weight is 300 g/mol. The summed E-state index contributed by atoms with van der Waals surface area (Å²) in [5.41, 5.74) is 5.35. The van der Waals surface area contributed by atoms with E-state index in [0.29, 0.717) is 6.04 Å². The van der Waals surface area contributed by atoms with Gasteiger partial charge in [0.15, 0.2) is 0 Å². The lowest BCUT2D eigenvalue weighted by Gasteiger charge is -2.27. The maximum atomic E-state index is 6.27. The molecule has 0 saturated heterocycles. The lowest BCUT2D eigenvalue weighted by Crippen LogP contribution is -2.31. The third-order valence-corrected chi connectivity index (χ3v) is 4.68. The molecule has 108 valence electrons. The highest BCUT2D eigenvalue weighted by Gasteiger charge is 2.23. The standard InChI is InChI=1S/C18H18ClNO/c19-15-9-13-6-8-21-18(13)14(10-15)11-17-16-4-2-1-3-12(16)5-7-20-17/h1-4,9-10,17,20H,5-8,11H2. The fourth-order valence-corrected chi connectivity index (χ4v) is 3.76. The first-order valence-electron chi connectivity index (χ1n) is 7.56. The molecule has 4 rings (SSSR count). The van der Waals surface area contributed by atoms with E-state index in [0.717, 1.165) is 43.2 Å². The molecule has 0 amide bonds. The quantitative estimate of drug-likeness (QED) is 0.913. The Morgan fingerprint density at radius 2 is 2.05 bits per heavy atom.